The molecule has 1 aliphatic rings. The van der Waals surface area contributed by atoms with Gasteiger partial charge in [0.2, 0.25) is 0 Å². The molecular formula is C6H13NaO. The fraction of sp³-hybridized carbons (Fsp3) is 1.00. The molecular weight excluding hydrogens is 111 g/mol. The Morgan fingerprint density at radius 3 is 1.88 bits per heavy atom. The summed E-state index contributed by atoms with van der Waals surface area (Å²) in [6.07, 6.45) is 4.44. The summed E-state index contributed by atoms with van der Waals surface area (Å²) in [6, 6.07) is 0. The number of rotatable bonds is 0. The Kier molecular flexibility index (Phi) is 3.60. The third-order valence-electron chi connectivity index (χ3n) is 1.68. The van der Waals surface area contributed by atoms with Crippen molar-refractivity contribution in [2.75, 3.05) is 0 Å². The van der Waals surface area contributed by atoms with Gasteiger partial charge in [-0.1, -0.05) is 12.8 Å². The molecule has 0 heterocycles. The molecule has 1 saturated carbocycles. The Bertz CT molecular complexity index is 67.5. The van der Waals surface area contributed by atoms with Gasteiger partial charge in [-0.15, -0.1) is 0 Å². The first-order chi connectivity index (χ1) is 3.21. The molecule has 0 aromatic carbocycles. The largest absolute Gasteiger partial charge is 1.00 e. The molecule has 1 N–H and O–H groups in total. The van der Waals surface area contributed by atoms with Crippen molar-refractivity contribution in [3.05, 3.63) is 0 Å². The summed E-state index contributed by atoms with van der Waals surface area (Å²) in [5, 5.41) is 9.19. The van der Waals surface area contributed by atoms with Crippen molar-refractivity contribution in [1.29, 1.82) is 0 Å². The monoisotopic (exact) mass is 124 g/mol. The van der Waals surface area contributed by atoms with Gasteiger partial charge in [0, 0.05) is 0 Å². The van der Waals surface area contributed by atoms with Crippen molar-refractivity contribution >= 4 is 0 Å². The Labute approximate surface area is 74.3 Å². The third-order valence-corrected chi connectivity index (χ3v) is 1.68. The second-order valence-corrected chi connectivity index (χ2v) is 2.70. The summed E-state index contributed by atoms with van der Waals surface area (Å²) < 4.78 is 0. The molecule has 0 aromatic rings. The number of aliphatic hydroxyl groups is 1. The molecule has 1 rings (SSSR count). The molecule has 44 valence electrons. The molecule has 0 saturated heterocycles. The summed E-state index contributed by atoms with van der Waals surface area (Å²) in [5.41, 5.74) is -0.306. The SMILES string of the molecule is CC1(O)CCCC1.[H-].[Na+]. The minimum atomic E-state index is -0.306. The van der Waals surface area contributed by atoms with E-state index in [-0.39, 0.29) is 36.6 Å². The molecule has 0 unspecified atom stereocenters. The maximum atomic E-state index is 9.19. The summed E-state index contributed by atoms with van der Waals surface area (Å²) in [6.45, 7) is 1.92. The van der Waals surface area contributed by atoms with Crippen LogP contribution in [0.5, 0.6) is 0 Å². The average molecular weight is 124 g/mol. The van der Waals surface area contributed by atoms with E-state index in [9.17, 15) is 5.11 Å². The van der Waals surface area contributed by atoms with Crippen molar-refractivity contribution in [3.63, 3.8) is 0 Å². The van der Waals surface area contributed by atoms with E-state index in [0.717, 1.165) is 12.8 Å². The van der Waals surface area contributed by atoms with Gasteiger partial charge in [0.25, 0.3) is 0 Å². The minimum absolute atomic E-state index is 0. The minimum Gasteiger partial charge on any atom is -1.00 e. The van der Waals surface area contributed by atoms with E-state index < -0.39 is 0 Å². The summed E-state index contributed by atoms with van der Waals surface area (Å²) in [4.78, 5) is 0. The molecule has 1 fully saturated rings. The van der Waals surface area contributed by atoms with E-state index in [4.69, 9.17) is 0 Å². The van der Waals surface area contributed by atoms with Crippen LogP contribution in [0.25, 0.3) is 0 Å². The van der Waals surface area contributed by atoms with Crippen LogP contribution in [0.15, 0.2) is 0 Å². The van der Waals surface area contributed by atoms with Crippen LogP contribution in [0.4, 0.5) is 0 Å². The maximum Gasteiger partial charge on any atom is 1.00 e. The summed E-state index contributed by atoms with van der Waals surface area (Å²) in [7, 11) is 0. The van der Waals surface area contributed by atoms with Crippen molar-refractivity contribution in [2.45, 2.75) is 38.2 Å². The predicted octanol–water partition coefficient (Wildman–Crippen LogP) is -1.57. The molecule has 0 atom stereocenters. The Hall–Kier alpha value is 0.960. The fourth-order valence-electron chi connectivity index (χ4n) is 1.14. The topological polar surface area (TPSA) is 20.2 Å². The number of hydrogen-bond donors (Lipinski definition) is 1. The first-order valence-corrected chi connectivity index (χ1v) is 2.93. The normalized spacial score (nSPS) is 24.8. The van der Waals surface area contributed by atoms with Crippen LogP contribution in [-0.2, 0) is 0 Å². The molecule has 0 aromatic heterocycles. The van der Waals surface area contributed by atoms with E-state index in [1.54, 1.807) is 0 Å². The van der Waals surface area contributed by atoms with Crippen LogP contribution in [0.3, 0.4) is 0 Å². The van der Waals surface area contributed by atoms with Gasteiger partial charge in [0.15, 0.2) is 0 Å². The third kappa shape index (κ3) is 2.49. The molecule has 0 bridgehead atoms. The van der Waals surface area contributed by atoms with E-state index in [0.29, 0.717) is 0 Å². The Morgan fingerprint density at radius 2 is 1.75 bits per heavy atom. The van der Waals surface area contributed by atoms with Gasteiger partial charge in [-0.2, -0.15) is 0 Å². The molecule has 0 aliphatic heterocycles. The zero-order valence-electron chi connectivity index (χ0n) is 6.78. The van der Waals surface area contributed by atoms with E-state index in [1.807, 2.05) is 6.92 Å². The maximum absolute atomic E-state index is 9.19. The molecule has 1 nitrogen and oxygen atoms in total. The summed E-state index contributed by atoms with van der Waals surface area (Å²) in [5.74, 6) is 0. The number of hydrogen-bond acceptors (Lipinski definition) is 1. The van der Waals surface area contributed by atoms with Gasteiger partial charge < -0.3 is 6.53 Å². The molecule has 0 radical (unpaired) electrons. The molecule has 1 aliphatic carbocycles. The molecule has 2 heteroatoms. The average Bonchev–Trinajstić information content (AvgIpc) is 1.84. The zero-order chi connectivity index (χ0) is 5.33. The van der Waals surface area contributed by atoms with Crippen LogP contribution >= 0.6 is 0 Å². The molecule has 8 heavy (non-hydrogen) atoms. The summed E-state index contributed by atoms with van der Waals surface area (Å²) >= 11 is 0. The van der Waals surface area contributed by atoms with Crippen molar-refractivity contribution in [2.24, 2.45) is 0 Å². The molecule has 0 spiro atoms. The van der Waals surface area contributed by atoms with Gasteiger partial charge in [-0.25, -0.2) is 0 Å². The quantitative estimate of drug-likeness (QED) is 0.387. The van der Waals surface area contributed by atoms with Crippen LogP contribution in [-0.4, -0.2) is 10.7 Å². The van der Waals surface area contributed by atoms with Gasteiger partial charge >= 0.3 is 29.6 Å². The Balaban J connectivity index is 0. The van der Waals surface area contributed by atoms with Gasteiger partial charge in [0.05, 0.1) is 5.60 Å². The van der Waals surface area contributed by atoms with E-state index >= 15 is 0 Å². The first kappa shape index (κ1) is 8.96. The fourth-order valence-corrected chi connectivity index (χ4v) is 1.14. The van der Waals surface area contributed by atoms with Crippen molar-refractivity contribution in [3.8, 4) is 0 Å². The Morgan fingerprint density at radius 1 is 1.38 bits per heavy atom. The van der Waals surface area contributed by atoms with Crippen LogP contribution in [0.2, 0.25) is 0 Å². The van der Waals surface area contributed by atoms with Crippen LogP contribution < -0.4 is 29.6 Å². The van der Waals surface area contributed by atoms with E-state index in [1.165, 1.54) is 12.8 Å². The second-order valence-electron chi connectivity index (χ2n) is 2.70. The smallest absolute Gasteiger partial charge is 1.00 e. The van der Waals surface area contributed by atoms with Crippen LogP contribution in [0, 0.1) is 0 Å². The second kappa shape index (κ2) is 3.21. The van der Waals surface area contributed by atoms with E-state index in [2.05, 4.69) is 0 Å². The van der Waals surface area contributed by atoms with Crippen molar-refractivity contribution in [1.82, 2.24) is 0 Å². The van der Waals surface area contributed by atoms with Crippen LogP contribution in [0.1, 0.15) is 34.0 Å². The van der Waals surface area contributed by atoms with Crippen molar-refractivity contribution < 1.29 is 36.1 Å². The van der Waals surface area contributed by atoms with Gasteiger partial charge in [-0.3, -0.25) is 0 Å². The van der Waals surface area contributed by atoms with Gasteiger partial charge in [-0.05, 0) is 19.8 Å². The standard InChI is InChI=1S/C6H12O.Na.H/c1-6(7)4-2-3-5-6;;/h7H,2-5H2,1H3;;/q;+1;-1. The molecule has 0 amide bonds. The first-order valence-electron chi connectivity index (χ1n) is 2.93. The zero-order valence-corrected chi connectivity index (χ0v) is 7.78. The predicted molar refractivity (Wildman–Crippen MR) is 30.2 cm³/mol. The van der Waals surface area contributed by atoms with Gasteiger partial charge in [0.1, 0.15) is 0 Å².